The molecule has 0 saturated heterocycles. The highest BCUT2D eigenvalue weighted by Gasteiger charge is 2.31. The topological polar surface area (TPSA) is 98.5 Å². The Kier molecular flexibility index (Phi) is 4.60. The van der Waals surface area contributed by atoms with E-state index in [1.54, 1.807) is 11.0 Å². The number of carboxylic acids is 1. The zero-order chi connectivity index (χ0) is 15.5. The average molecular weight is 308 g/mol. The number of sulfone groups is 1. The zero-order valence-corrected chi connectivity index (χ0v) is 12.2. The summed E-state index contributed by atoms with van der Waals surface area (Å²) in [6, 6.07) is 7.95. The number of hydrogen-bond donors (Lipinski definition) is 1. The fourth-order valence-corrected chi connectivity index (χ4v) is 3.42. The highest BCUT2D eigenvalue weighted by atomic mass is 32.2. The summed E-state index contributed by atoms with van der Waals surface area (Å²) in [5.74, 6) is -1.10. The number of carboxylic acid groups (broad SMARTS) is 1. The Morgan fingerprint density at radius 1 is 1.43 bits per heavy atom. The maximum absolute atomic E-state index is 12.3. The van der Waals surface area contributed by atoms with Crippen LogP contribution in [0.1, 0.15) is 18.4 Å². The zero-order valence-electron chi connectivity index (χ0n) is 11.4. The normalized spacial score (nSPS) is 14.9. The molecule has 1 aromatic carbocycles. The molecule has 2 rings (SSSR count). The molecule has 0 radical (unpaired) electrons. The molecule has 0 bridgehead atoms. The smallest absolute Gasteiger partial charge is 0.317 e. The Bertz CT molecular complexity index is 674. The minimum Gasteiger partial charge on any atom is -0.480 e. The molecular weight excluding hydrogens is 292 g/mol. The number of hydrogen-bond acceptors (Lipinski definition) is 5. The lowest BCUT2D eigenvalue weighted by Gasteiger charge is -2.19. The minimum atomic E-state index is -3.52. The SMILES string of the molecule is N#Cc1cccc(S(=O)(=O)CCN(CC(=O)O)C2CC2)c1. The van der Waals surface area contributed by atoms with Crippen LogP contribution in [0.5, 0.6) is 0 Å². The lowest BCUT2D eigenvalue weighted by molar-refractivity contribution is -0.138. The van der Waals surface area contributed by atoms with Gasteiger partial charge in [0.25, 0.3) is 0 Å². The fourth-order valence-electron chi connectivity index (χ4n) is 2.12. The van der Waals surface area contributed by atoms with Crippen molar-refractivity contribution in [2.45, 2.75) is 23.8 Å². The van der Waals surface area contributed by atoms with E-state index in [-0.39, 0.29) is 29.8 Å². The van der Waals surface area contributed by atoms with Crippen molar-refractivity contribution in [2.24, 2.45) is 0 Å². The number of nitriles is 1. The van der Waals surface area contributed by atoms with Crippen LogP contribution in [0.4, 0.5) is 0 Å². The van der Waals surface area contributed by atoms with E-state index in [0.29, 0.717) is 5.56 Å². The molecule has 7 heteroatoms. The van der Waals surface area contributed by atoms with Crippen molar-refractivity contribution < 1.29 is 18.3 Å². The van der Waals surface area contributed by atoms with Gasteiger partial charge >= 0.3 is 5.97 Å². The molecule has 0 amide bonds. The number of rotatable bonds is 7. The number of carbonyl (C=O) groups is 1. The summed E-state index contributed by atoms with van der Waals surface area (Å²) in [7, 11) is -3.52. The summed E-state index contributed by atoms with van der Waals surface area (Å²) < 4.78 is 24.5. The van der Waals surface area contributed by atoms with E-state index in [1.165, 1.54) is 18.2 Å². The second-order valence-corrected chi connectivity index (χ2v) is 7.16. The largest absolute Gasteiger partial charge is 0.480 e. The third-order valence-electron chi connectivity index (χ3n) is 3.37. The van der Waals surface area contributed by atoms with Crippen LogP contribution in [0.2, 0.25) is 0 Å². The lowest BCUT2D eigenvalue weighted by Crippen LogP contribution is -2.35. The predicted octanol–water partition coefficient (Wildman–Crippen LogP) is 0.881. The molecule has 0 heterocycles. The van der Waals surface area contributed by atoms with Crippen molar-refractivity contribution in [3.05, 3.63) is 29.8 Å². The molecule has 1 saturated carbocycles. The van der Waals surface area contributed by atoms with Crippen LogP contribution in [-0.4, -0.2) is 49.3 Å². The molecule has 1 aromatic rings. The maximum Gasteiger partial charge on any atom is 0.317 e. The highest BCUT2D eigenvalue weighted by molar-refractivity contribution is 7.91. The molecule has 112 valence electrons. The van der Waals surface area contributed by atoms with E-state index >= 15 is 0 Å². The van der Waals surface area contributed by atoms with Gasteiger partial charge in [0, 0.05) is 12.6 Å². The van der Waals surface area contributed by atoms with Crippen LogP contribution in [0.25, 0.3) is 0 Å². The second-order valence-electron chi connectivity index (χ2n) is 5.05. The minimum absolute atomic E-state index is 0.104. The van der Waals surface area contributed by atoms with Crippen molar-refractivity contribution in [1.82, 2.24) is 4.90 Å². The first-order valence-electron chi connectivity index (χ1n) is 6.61. The van der Waals surface area contributed by atoms with Gasteiger partial charge in [0.15, 0.2) is 9.84 Å². The van der Waals surface area contributed by atoms with Gasteiger partial charge < -0.3 is 5.11 Å². The van der Waals surface area contributed by atoms with Gasteiger partial charge in [-0.2, -0.15) is 5.26 Å². The van der Waals surface area contributed by atoms with E-state index in [2.05, 4.69) is 0 Å². The van der Waals surface area contributed by atoms with Crippen LogP contribution in [-0.2, 0) is 14.6 Å². The van der Waals surface area contributed by atoms with Gasteiger partial charge in [-0.25, -0.2) is 8.42 Å². The average Bonchev–Trinajstić information content (AvgIpc) is 3.27. The molecular formula is C14H16N2O4S. The van der Waals surface area contributed by atoms with Gasteiger partial charge in [-0.05, 0) is 31.0 Å². The summed E-state index contributed by atoms with van der Waals surface area (Å²) in [5, 5.41) is 17.7. The van der Waals surface area contributed by atoms with Crippen LogP contribution in [0.3, 0.4) is 0 Å². The summed E-state index contributed by atoms with van der Waals surface area (Å²) >= 11 is 0. The molecule has 0 aliphatic heterocycles. The van der Waals surface area contributed by atoms with E-state index in [9.17, 15) is 13.2 Å². The second kappa shape index (κ2) is 6.24. The first kappa shape index (κ1) is 15.5. The molecule has 0 unspecified atom stereocenters. The number of aliphatic carboxylic acids is 1. The first-order chi connectivity index (χ1) is 9.92. The van der Waals surface area contributed by atoms with Crippen molar-refractivity contribution >= 4 is 15.8 Å². The van der Waals surface area contributed by atoms with Gasteiger partial charge in [-0.1, -0.05) is 6.07 Å². The third kappa shape index (κ3) is 4.28. The van der Waals surface area contributed by atoms with Crippen molar-refractivity contribution in [3.63, 3.8) is 0 Å². The summed E-state index contributed by atoms with van der Waals surface area (Å²) in [4.78, 5) is 12.6. The molecule has 1 fully saturated rings. The quantitative estimate of drug-likeness (QED) is 0.803. The number of nitrogens with zero attached hydrogens (tertiary/aromatic N) is 2. The molecule has 21 heavy (non-hydrogen) atoms. The van der Waals surface area contributed by atoms with E-state index in [1.807, 2.05) is 6.07 Å². The monoisotopic (exact) mass is 308 g/mol. The highest BCUT2D eigenvalue weighted by Crippen LogP contribution is 2.26. The molecule has 0 spiro atoms. The van der Waals surface area contributed by atoms with Gasteiger partial charge in [-0.3, -0.25) is 9.69 Å². The van der Waals surface area contributed by atoms with Crippen molar-refractivity contribution in [3.8, 4) is 6.07 Å². The van der Waals surface area contributed by atoms with E-state index in [0.717, 1.165) is 12.8 Å². The summed E-state index contributed by atoms with van der Waals surface area (Å²) in [6.07, 6.45) is 1.83. The molecule has 1 aliphatic carbocycles. The van der Waals surface area contributed by atoms with Crippen LogP contribution < -0.4 is 0 Å². The van der Waals surface area contributed by atoms with Gasteiger partial charge in [-0.15, -0.1) is 0 Å². The Hall–Kier alpha value is -1.91. The van der Waals surface area contributed by atoms with Crippen molar-refractivity contribution in [2.75, 3.05) is 18.8 Å². The molecule has 0 aromatic heterocycles. The van der Waals surface area contributed by atoms with Crippen LogP contribution in [0, 0.1) is 11.3 Å². The van der Waals surface area contributed by atoms with Crippen LogP contribution >= 0.6 is 0 Å². The van der Waals surface area contributed by atoms with Gasteiger partial charge in [0.2, 0.25) is 0 Å². The Morgan fingerprint density at radius 3 is 2.71 bits per heavy atom. The molecule has 1 aliphatic rings. The summed E-state index contributed by atoms with van der Waals surface area (Å²) in [5.41, 5.74) is 0.292. The van der Waals surface area contributed by atoms with Crippen LogP contribution in [0.15, 0.2) is 29.2 Å². The fraction of sp³-hybridized carbons (Fsp3) is 0.429. The number of benzene rings is 1. The predicted molar refractivity (Wildman–Crippen MR) is 75.4 cm³/mol. The first-order valence-corrected chi connectivity index (χ1v) is 8.26. The Labute approximate surface area is 123 Å². The summed E-state index contributed by atoms with van der Waals surface area (Å²) in [6.45, 7) is 0.0501. The van der Waals surface area contributed by atoms with Gasteiger partial charge in [0.05, 0.1) is 28.8 Å². The maximum atomic E-state index is 12.3. The van der Waals surface area contributed by atoms with E-state index < -0.39 is 15.8 Å². The van der Waals surface area contributed by atoms with Crippen molar-refractivity contribution in [1.29, 1.82) is 5.26 Å². The van der Waals surface area contributed by atoms with E-state index in [4.69, 9.17) is 10.4 Å². The molecule has 0 atom stereocenters. The standard InChI is InChI=1S/C14H16N2O4S/c15-9-11-2-1-3-13(8-11)21(19,20)7-6-16(10-14(17)18)12-4-5-12/h1-3,8,12H,4-7,10H2,(H,17,18). The molecule has 1 N–H and O–H groups in total. The lowest BCUT2D eigenvalue weighted by atomic mass is 10.2. The van der Waals surface area contributed by atoms with Gasteiger partial charge in [0.1, 0.15) is 0 Å². The third-order valence-corrected chi connectivity index (χ3v) is 5.06. The Balaban J connectivity index is 2.06. The molecule has 6 nitrogen and oxygen atoms in total. The Morgan fingerprint density at radius 2 is 2.14 bits per heavy atom.